The second-order valence-electron chi connectivity index (χ2n) is 7.63. The third-order valence-corrected chi connectivity index (χ3v) is 7.94. The molecule has 0 N–H and O–H groups in total. The van der Waals surface area contributed by atoms with Gasteiger partial charge in [0.25, 0.3) is 0 Å². The zero-order valence-electron chi connectivity index (χ0n) is 16.2. The van der Waals surface area contributed by atoms with Crippen LogP contribution >= 0.6 is 7.92 Å². The normalized spacial score (nSPS) is 20.4. The van der Waals surface area contributed by atoms with Gasteiger partial charge >= 0.3 is 21.7 Å². The minimum absolute atomic E-state index is 0. The van der Waals surface area contributed by atoms with Crippen molar-refractivity contribution in [3.05, 3.63) is 22.8 Å². The Balaban J connectivity index is -0.00000133. The van der Waals surface area contributed by atoms with E-state index < -0.39 is 0 Å². The standard InChI is InChI=1S/C19H34P.2ClH.Ti/c1-14(2)12-20(13-15(3)4)10-9-19(8)11-16(5)17(6)18(19)7;;;/h14-15H,9-10,12-13H2,1-8H3;2*1H;/q-1;;;+3/p-2. The van der Waals surface area contributed by atoms with Gasteiger partial charge in [-0.05, 0) is 30.3 Å². The summed E-state index contributed by atoms with van der Waals surface area (Å²) in [6.45, 7) is 18.7. The van der Waals surface area contributed by atoms with Gasteiger partial charge in [0.2, 0.25) is 0 Å². The third-order valence-electron chi connectivity index (χ3n) is 4.59. The Kier molecular flexibility index (Phi) is 15.8. The predicted molar refractivity (Wildman–Crippen MR) is 94.7 cm³/mol. The van der Waals surface area contributed by atoms with E-state index in [4.69, 9.17) is 0 Å². The van der Waals surface area contributed by atoms with E-state index in [0.29, 0.717) is 0 Å². The van der Waals surface area contributed by atoms with Crippen molar-refractivity contribution in [2.45, 2.75) is 61.8 Å². The third kappa shape index (κ3) is 8.92. The van der Waals surface area contributed by atoms with E-state index in [-0.39, 0.29) is 59.9 Å². The maximum Gasteiger partial charge on any atom is 3.00 e. The Morgan fingerprint density at radius 3 is 1.70 bits per heavy atom. The molecule has 0 saturated heterocycles. The summed E-state index contributed by atoms with van der Waals surface area (Å²) >= 11 is 0. The molecular formula is C19H34Cl2PTi. The molecule has 1 unspecified atom stereocenters. The average molecular weight is 412 g/mol. The molecule has 4 heteroatoms. The van der Waals surface area contributed by atoms with E-state index in [1.54, 1.807) is 5.57 Å². The Morgan fingerprint density at radius 2 is 1.39 bits per heavy atom. The summed E-state index contributed by atoms with van der Waals surface area (Å²) in [7, 11) is 0.193. The largest absolute Gasteiger partial charge is 3.00 e. The molecule has 1 atom stereocenters. The SMILES string of the molecule is CC1=[C-]C(C)(CCP(CC(C)C)CC(C)C)C(C)=C1C.[Cl-].[Cl-].[Ti+3]. The number of allylic oxidation sites excluding steroid dienone is 4. The fourth-order valence-electron chi connectivity index (χ4n) is 3.22. The fourth-order valence-corrected chi connectivity index (χ4v) is 6.56. The molecule has 0 amide bonds. The zero-order valence-corrected chi connectivity index (χ0v) is 20.2. The molecule has 0 aromatic rings. The molecule has 0 heterocycles. The van der Waals surface area contributed by atoms with E-state index in [0.717, 1.165) is 11.8 Å². The first-order chi connectivity index (χ1) is 9.15. The molecule has 1 aliphatic carbocycles. The summed E-state index contributed by atoms with van der Waals surface area (Å²) in [6, 6.07) is 0. The Morgan fingerprint density at radius 1 is 0.957 bits per heavy atom. The van der Waals surface area contributed by atoms with Crippen molar-refractivity contribution in [1.82, 2.24) is 0 Å². The van der Waals surface area contributed by atoms with Crippen molar-refractivity contribution in [2.75, 3.05) is 18.5 Å². The van der Waals surface area contributed by atoms with Crippen molar-refractivity contribution < 1.29 is 46.5 Å². The van der Waals surface area contributed by atoms with Gasteiger partial charge in [-0.3, -0.25) is 6.08 Å². The quantitative estimate of drug-likeness (QED) is 0.320. The molecule has 0 fully saturated rings. The Hall–Kier alpha value is 1.20. The first-order valence-electron chi connectivity index (χ1n) is 8.18. The maximum atomic E-state index is 3.74. The monoisotopic (exact) mass is 411 g/mol. The molecule has 1 aliphatic rings. The first-order valence-corrected chi connectivity index (χ1v) is 10.1. The molecule has 0 aromatic carbocycles. The van der Waals surface area contributed by atoms with Gasteiger partial charge < -0.3 is 24.8 Å². The Labute approximate surface area is 174 Å². The average Bonchev–Trinajstić information content (AvgIpc) is 2.50. The van der Waals surface area contributed by atoms with Gasteiger partial charge in [-0.15, -0.1) is 14.8 Å². The molecule has 0 saturated carbocycles. The summed E-state index contributed by atoms with van der Waals surface area (Å²) in [4.78, 5) is 0. The molecule has 1 rings (SSSR count). The second-order valence-corrected chi connectivity index (χ2v) is 10.1. The van der Waals surface area contributed by atoms with Crippen molar-refractivity contribution in [2.24, 2.45) is 17.3 Å². The topological polar surface area (TPSA) is 0 Å². The zero-order chi connectivity index (χ0) is 15.5. The molecular weight excluding hydrogens is 378 g/mol. The fraction of sp³-hybridized carbons (Fsp3) is 0.789. The van der Waals surface area contributed by atoms with Crippen LogP contribution in [-0.2, 0) is 21.7 Å². The van der Waals surface area contributed by atoms with Crippen LogP contribution in [0.2, 0.25) is 0 Å². The van der Waals surface area contributed by atoms with Gasteiger partial charge in [0.1, 0.15) is 0 Å². The molecule has 0 spiro atoms. The maximum absolute atomic E-state index is 3.74. The number of rotatable bonds is 7. The minimum Gasteiger partial charge on any atom is -1.00 e. The van der Waals surface area contributed by atoms with Crippen LogP contribution in [0.4, 0.5) is 0 Å². The van der Waals surface area contributed by atoms with Crippen LogP contribution in [0.3, 0.4) is 0 Å². The van der Waals surface area contributed by atoms with Crippen molar-refractivity contribution in [1.29, 1.82) is 0 Å². The summed E-state index contributed by atoms with van der Waals surface area (Å²) in [6.07, 6.45) is 9.32. The van der Waals surface area contributed by atoms with E-state index in [9.17, 15) is 0 Å². The summed E-state index contributed by atoms with van der Waals surface area (Å²) in [5.74, 6) is 1.69. The van der Waals surface area contributed by atoms with Crippen molar-refractivity contribution in [3.63, 3.8) is 0 Å². The van der Waals surface area contributed by atoms with Crippen molar-refractivity contribution >= 4 is 7.92 Å². The van der Waals surface area contributed by atoms with Crippen LogP contribution in [0.15, 0.2) is 16.7 Å². The van der Waals surface area contributed by atoms with E-state index in [1.165, 1.54) is 36.1 Å². The predicted octanol–water partition coefficient (Wildman–Crippen LogP) is 0.282. The van der Waals surface area contributed by atoms with E-state index >= 15 is 0 Å². The summed E-state index contributed by atoms with van der Waals surface area (Å²) < 4.78 is 0. The van der Waals surface area contributed by atoms with Crippen LogP contribution in [0.1, 0.15) is 61.8 Å². The van der Waals surface area contributed by atoms with Crippen LogP contribution in [0.5, 0.6) is 0 Å². The van der Waals surface area contributed by atoms with E-state index in [1.807, 2.05) is 0 Å². The molecule has 0 nitrogen and oxygen atoms in total. The molecule has 1 radical (unpaired) electrons. The summed E-state index contributed by atoms with van der Waals surface area (Å²) in [5, 5.41) is 0. The first kappa shape index (κ1) is 29.0. The number of halogens is 2. The second kappa shape index (κ2) is 12.5. The van der Waals surface area contributed by atoms with Gasteiger partial charge in [-0.25, -0.2) is 5.57 Å². The smallest absolute Gasteiger partial charge is 1.00 e. The van der Waals surface area contributed by atoms with Crippen LogP contribution < -0.4 is 24.8 Å². The van der Waals surface area contributed by atoms with Gasteiger partial charge in [-0.1, -0.05) is 60.3 Å². The molecule has 0 bridgehead atoms. The molecule has 0 aromatic heterocycles. The van der Waals surface area contributed by atoms with E-state index in [2.05, 4.69) is 61.5 Å². The molecule has 0 aliphatic heterocycles. The van der Waals surface area contributed by atoms with Gasteiger partial charge in [-0.2, -0.15) is 11.1 Å². The molecule has 133 valence electrons. The van der Waals surface area contributed by atoms with Gasteiger partial charge in [0, 0.05) is 0 Å². The molecule has 23 heavy (non-hydrogen) atoms. The van der Waals surface area contributed by atoms with Crippen LogP contribution in [-0.4, -0.2) is 18.5 Å². The van der Waals surface area contributed by atoms with Crippen molar-refractivity contribution in [3.8, 4) is 0 Å². The Bertz CT molecular complexity index is 392. The number of hydrogen-bond donors (Lipinski definition) is 0. The minimum atomic E-state index is 0. The summed E-state index contributed by atoms with van der Waals surface area (Å²) in [5.41, 5.74) is 4.62. The van der Waals surface area contributed by atoms with Gasteiger partial charge in [0.15, 0.2) is 0 Å². The van der Waals surface area contributed by atoms with Crippen LogP contribution in [0, 0.1) is 23.3 Å². The van der Waals surface area contributed by atoms with Crippen LogP contribution in [0.25, 0.3) is 0 Å². The van der Waals surface area contributed by atoms with Gasteiger partial charge in [0.05, 0.1) is 0 Å². The number of hydrogen-bond acceptors (Lipinski definition) is 0.